The van der Waals surface area contributed by atoms with Gasteiger partial charge in [0.2, 0.25) is 0 Å². The Morgan fingerprint density at radius 2 is 1.93 bits per heavy atom. The van der Waals surface area contributed by atoms with Crippen molar-refractivity contribution in [2.24, 2.45) is 7.05 Å². The molecule has 8 nitrogen and oxygen atoms in total. The lowest BCUT2D eigenvalue weighted by Crippen LogP contribution is -2.38. The van der Waals surface area contributed by atoms with Crippen LogP contribution in [0.2, 0.25) is 10.3 Å². The van der Waals surface area contributed by atoms with Gasteiger partial charge in [0, 0.05) is 18.5 Å². The van der Waals surface area contributed by atoms with E-state index in [4.69, 9.17) is 23.2 Å². The van der Waals surface area contributed by atoms with Crippen LogP contribution >= 0.6 is 34.5 Å². The van der Waals surface area contributed by atoms with Crippen LogP contribution in [-0.4, -0.2) is 29.8 Å². The van der Waals surface area contributed by atoms with E-state index in [1.165, 1.54) is 11.6 Å². The van der Waals surface area contributed by atoms with Gasteiger partial charge in [-0.05, 0) is 13.3 Å². The average molecular weight is 431 g/mol. The molecule has 1 N–H and O–H groups in total. The Kier molecular flexibility index (Phi) is 5.20. The van der Waals surface area contributed by atoms with Crippen LogP contribution in [0.4, 0.5) is 0 Å². The number of fused-ring (bicyclic) bond motifs is 1. The minimum Gasteiger partial charge on any atom is -0.478 e. The van der Waals surface area contributed by atoms with Crippen LogP contribution in [0, 0.1) is 6.92 Å². The fourth-order valence-electron chi connectivity index (χ4n) is 2.96. The molecule has 0 bridgehead atoms. The number of carbonyl (C=O) groups is 1. The van der Waals surface area contributed by atoms with Crippen LogP contribution in [-0.2, 0) is 20.1 Å². The summed E-state index contributed by atoms with van der Waals surface area (Å²) in [5, 5.41) is 10.1. The van der Waals surface area contributed by atoms with Gasteiger partial charge in [0.05, 0.1) is 17.5 Å². The van der Waals surface area contributed by atoms with Crippen molar-refractivity contribution in [3.63, 3.8) is 0 Å². The first-order valence-corrected chi connectivity index (χ1v) is 9.62. The Hall–Kier alpha value is -2.10. The van der Waals surface area contributed by atoms with Crippen molar-refractivity contribution in [1.29, 1.82) is 0 Å². The highest BCUT2D eigenvalue weighted by Gasteiger charge is 2.26. The quantitative estimate of drug-likeness (QED) is 0.670. The fourth-order valence-corrected chi connectivity index (χ4v) is 4.70. The highest BCUT2D eigenvalue weighted by atomic mass is 35.5. The monoisotopic (exact) mass is 430 g/mol. The first kappa shape index (κ1) is 19.7. The van der Waals surface area contributed by atoms with Crippen molar-refractivity contribution in [3.05, 3.63) is 47.4 Å². The van der Waals surface area contributed by atoms with Crippen molar-refractivity contribution in [1.82, 2.24) is 18.7 Å². The standard InChI is InChI=1S/C16H16Cl2N4O4S/c1-4-5-21-14-10(13(23)20(3)16(21)26)9(15(24)25)8(27-14)6-22-7(2)19-11(17)12(22)18/h4-6H2,1-3H3,(H,24,25). The fraction of sp³-hybridized carbons (Fsp3) is 0.375. The lowest BCUT2D eigenvalue weighted by Gasteiger charge is -2.07. The normalized spacial score (nSPS) is 11.4. The maximum atomic E-state index is 12.7. The predicted octanol–water partition coefficient (Wildman–Crippen LogP) is 2.73. The molecule has 0 aliphatic carbocycles. The van der Waals surface area contributed by atoms with E-state index in [0.717, 1.165) is 15.9 Å². The molecule has 0 spiro atoms. The second-order valence-corrected chi connectivity index (χ2v) is 7.81. The molecule has 0 radical (unpaired) electrons. The summed E-state index contributed by atoms with van der Waals surface area (Å²) < 4.78 is 3.94. The zero-order valence-corrected chi connectivity index (χ0v) is 17.1. The van der Waals surface area contributed by atoms with Crippen LogP contribution in [0.25, 0.3) is 10.2 Å². The van der Waals surface area contributed by atoms with Gasteiger partial charge in [0.15, 0.2) is 5.15 Å². The molecule has 0 fully saturated rings. The van der Waals surface area contributed by atoms with Crippen LogP contribution in [0.5, 0.6) is 0 Å². The summed E-state index contributed by atoms with van der Waals surface area (Å²) in [4.78, 5) is 41.9. The number of hydrogen-bond acceptors (Lipinski definition) is 5. The summed E-state index contributed by atoms with van der Waals surface area (Å²) in [6.45, 7) is 4.04. The summed E-state index contributed by atoms with van der Waals surface area (Å²) >= 11 is 13.2. The molecule has 0 saturated carbocycles. The van der Waals surface area contributed by atoms with Crippen molar-refractivity contribution in [3.8, 4) is 0 Å². The maximum absolute atomic E-state index is 12.7. The summed E-state index contributed by atoms with van der Waals surface area (Å²) in [6.07, 6.45) is 0.658. The smallest absolute Gasteiger partial charge is 0.337 e. The van der Waals surface area contributed by atoms with E-state index in [2.05, 4.69) is 4.98 Å². The van der Waals surface area contributed by atoms with Gasteiger partial charge in [-0.15, -0.1) is 11.3 Å². The van der Waals surface area contributed by atoms with Gasteiger partial charge in [-0.25, -0.2) is 14.6 Å². The van der Waals surface area contributed by atoms with Gasteiger partial charge >= 0.3 is 11.7 Å². The molecule has 0 saturated heterocycles. The van der Waals surface area contributed by atoms with E-state index in [9.17, 15) is 19.5 Å². The number of thiophene rings is 1. The first-order chi connectivity index (χ1) is 12.7. The number of aromatic carboxylic acids is 1. The topological polar surface area (TPSA) is 99.1 Å². The molecule has 0 aliphatic rings. The number of imidazole rings is 1. The molecular formula is C16H16Cl2N4O4S. The molecule has 3 aromatic heterocycles. The number of carboxylic acid groups (broad SMARTS) is 1. The van der Waals surface area contributed by atoms with E-state index in [-0.39, 0.29) is 27.8 Å². The predicted molar refractivity (Wildman–Crippen MR) is 105 cm³/mol. The molecule has 3 aromatic rings. The zero-order chi connectivity index (χ0) is 20.0. The molecular weight excluding hydrogens is 415 g/mol. The van der Waals surface area contributed by atoms with Crippen LogP contribution < -0.4 is 11.2 Å². The number of halogens is 2. The van der Waals surface area contributed by atoms with Crippen LogP contribution in [0.15, 0.2) is 9.59 Å². The van der Waals surface area contributed by atoms with Gasteiger partial charge in [0.1, 0.15) is 15.8 Å². The highest BCUT2D eigenvalue weighted by molar-refractivity contribution is 7.19. The number of rotatable bonds is 5. The van der Waals surface area contributed by atoms with Gasteiger partial charge in [-0.2, -0.15) is 0 Å². The lowest BCUT2D eigenvalue weighted by atomic mass is 10.2. The molecule has 27 heavy (non-hydrogen) atoms. The van der Waals surface area contributed by atoms with Gasteiger partial charge in [0.25, 0.3) is 5.56 Å². The van der Waals surface area contributed by atoms with Gasteiger partial charge in [-0.3, -0.25) is 13.9 Å². The third-order valence-electron chi connectivity index (χ3n) is 4.26. The Morgan fingerprint density at radius 1 is 1.26 bits per heavy atom. The first-order valence-electron chi connectivity index (χ1n) is 8.05. The highest BCUT2D eigenvalue weighted by Crippen LogP contribution is 2.32. The number of aryl methyl sites for hydroxylation is 2. The van der Waals surface area contributed by atoms with Crippen molar-refractivity contribution >= 4 is 50.7 Å². The zero-order valence-electron chi connectivity index (χ0n) is 14.7. The second-order valence-electron chi connectivity index (χ2n) is 6.01. The molecule has 0 unspecified atom stereocenters. The van der Waals surface area contributed by atoms with E-state index in [0.29, 0.717) is 28.5 Å². The second kappa shape index (κ2) is 7.14. The lowest BCUT2D eigenvalue weighted by molar-refractivity contribution is 0.0698. The van der Waals surface area contributed by atoms with E-state index in [1.807, 2.05) is 6.92 Å². The molecule has 0 aliphatic heterocycles. The molecule has 3 heterocycles. The Balaban J connectivity index is 2.37. The summed E-state index contributed by atoms with van der Waals surface area (Å²) in [5.41, 5.74) is -1.23. The molecule has 0 aromatic carbocycles. The van der Waals surface area contributed by atoms with Gasteiger partial charge < -0.3 is 9.67 Å². The molecule has 144 valence electrons. The maximum Gasteiger partial charge on any atom is 0.337 e. The van der Waals surface area contributed by atoms with Crippen LogP contribution in [0.1, 0.15) is 34.4 Å². The van der Waals surface area contributed by atoms with Crippen molar-refractivity contribution in [2.75, 3.05) is 0 Å². The van der Waals surface area contributed by atoms with Crippen molar-refractivity contribution < 1.29 is 9.90 Å². The third-order valence-corrected chi connectivity index (χ3v) is 6.21. The molecule has 3 rings (SSSR count). The molecule has 0 amide bonds. The summed E-state index contributed by atoms with van der Waals surface area (Å²) in [7, 11) is 1.34. The Morgan fingerprint density at radius 3 is 2.44 bits per heavy atom. The summed E-state index contributed by atoms with van der Waals surface area (Å²) in [6, 6.07) is 0. The van der Waals surface area contributed by atoms with Gasteiger partial charge in [-0.1, -0.05) is 30.1 Å². The van der Waals surface area contributed by atoms with E-state index in [1.54, 1.807) is 11.5 Å². The number of carboxylic acids is 1. The average Bonchev–Trinajstić information content (AvgIpc) is 3.10. The number of aromatic nitrogens is 4. The Bertz CT molecular complexity index is 1190. The van der Waals surface area contributed by atoms with E-state index < -0.39 is 17.2 Å². The number of nitrogens with zero attached hydrogens (tertiary/aromatic N) is 4. The van der Waals surface area contributed by atoms with E-state index >= 15 is 0 Å². The largest absolute Gasteiger partial charge is 0.478 e. The third kappa shape index (κ3) is 3.09. The molecule has 0 atom stereocenters. The minimum atomic E-state index is -1.24. The SMILES string of the molecule is CCCn1c(=O)n(C)c(=O)c2c(C(=O)O)c(Cn3c(C)nc(Cl)c3Cl)sc21. The van der Waals surface area contributed by atoms with Crippen molar-refractivity contribution in [2.45, 2.75) is 33.4 Å². The Labute approximate surface area is 167 Å². The number of hydrogen-bond donors (Lipinski definition) is 1. The summed E-state index contributed by atoms with van der Waals surface area (Å²) in [5.74, 6) is -0.729. The van der Waals surface area contributed by atoms with Crippen LogP contribution in [0.3, 0.4) is 0 Å². The molecule has 11 heteroatoms. The minimum absolute atomic E-state index is 0.0260.